The van der Waals surface area contributed by atoms with E-state index in [1.165, 1.54) is 17.4 Å². The van der Waals surface area contributed by atoms with Crippen LogP contribution in [0.1, 0.15) is 20.8 Å². The molecule has 8 heteroatoms. The Morgan fingerprint density at radius 2 is 1.85 bits per heavy atom. The zero-order chi connectivity index (χ0) is 15.7. The number of nitrogens with two attached hydrogens (primary N) is 1. The highest BCUT2D eigenvalue weighted by molar-refractivity contribution is 7.89. The van der Waals surface area contributed by atoms with Crippen LogP contribution in [0.2, 0.25) is 0 Å². The van der Waals surface area contributed by atoms with Crippen molar-refractivity contribution >= 4 is 21.4 Å². The molecule has 1 aromatic rings. The van der Waals surface area contributed by atoms with Crippen molar-refractivity contribution in [2.75, 3.05) is 12.8 Å². The van der Waals surface area contributed by atoms with Gasteiger partial charge in [0.1, 0.15) is 5.69 Å². The average Bonchev–Trinajstić information content (AvgIpc) is 2.36. The van der Waals surface area contributed by atoms with Crippen LogP contribution in [0.5, 0.6) is 0 Å². The van der Waals surface area contributed by atoms with Gasteiger partial charge in [0.2, 0.25) is 10.0 Å². The van der Waals surface area contributed by atoms with E-state index in [9.17, 15) is 18.5 Å². The number of anilines is 1. The fourth-order valence-corrected chi connectivity index (χ4v) is 3.19. The number of rotatable bonds is 5. The molecule has 1 unspecified atom stereocenters. The second-order valence-corrected chi connectivity index (χ2v) is 6.98. The second-order valence-electron chi connectivity index (χ2n) is 4.98. The van der Waals surface area contributed by atoms with E-state index in [0.717, 1.165) is 12.1 Å². The molecule has 0 fully saturated rings. The number of nitro groups is 1. The summed E-state index contributed by atoms with van der Waals surface area (Å²) < 4.78 is 26.1. The normalized spacial score (nSPS) is 13.7. The molecule has 0 heterocycles. The Bertz CT molecular complexity index is 613. The summed E-state index contributed by atoms with van der Waals surface area (Å²) in [6, 6.07) is 3.23. The number of benzene rings is 1. The molecule has 112 valence electrons. The lowest BCUT2D eigenvalue weighted by Crippen LogP contribution is -2.38. The van der Waals surface area contributed by atoms with Crippen LogP contribution in [0.15, 0.2) is 23.1 Å². The minimum absolute atomic E-state index is 0.0457. The number of nitro benzene ring substituents is 1. The van der Waals surface area contributed by atoms with Crippen molar-refractivity contribution in [1.82, 2.24) is 4.31 Å². The SMILES string of the molecule is CC(C)C(C)N(C)S(=O)(=O)c1ccc([N+](=O)[O-])c(N)c1. The van der Waals surface area contributed by atoms with Crippen LogP contribution >= 0.6 is 0 Å². The summed E-state index contributed by atoms with van der Waals surface area (Å²) in [7, 11) is -2.23. The van der Waals surface area contributed by atoms with E-state index >= 15 is 0 Å². The summed E-state index contributed by atoms with van der Waals surface area (Å²) in [5, 5.41) is 10.7. The van der Waals surface area contributed by atoms with Crippen LogP contribution in [0.25, 0.3) is 0 Å². The van der Waals surface area contributed by atoms with E-state index in [0.29, 0.717) is 0 Å². The standard InChI is InChI=1S/C12H19N3O4S/c1-8(2)9(3)14(4)20(18,19)10-5-6-12(15(16)17)11(13)7-10/h5-9H,13H2,1-4H3. The van der Waals surface area contributed by atoms with Gasteiger partial charge in [-0.1, -0.05) is 13.8 Å². The molecule has 0 aliphatic rings. The second kappa shape index (κ2) is 5.76. The molecule has 1 rings (SSSR count). The van der Waals surface area contributed by atoms with Crippen molar-refractivity contribution in [3.8, 4) is 0 Å². The van der Waals surface area contributed by atoms with Crippen LogP contribution in [0.4, 0.5) is 11.4 Å². The van der Waals surface area contributed by atoms with Gasteiger partial charge in [-0.15, -0.1) is 0 Å². The van der Waals surface area contributed by atoms with E-state index in [2.05, 4.69) is 0 Å². The predicted molar refractivity (Wildman–Crippen MR) is 76.8 cm³/mol. The van der Waals surface area contributed by atoms with Gasteiger partial charge >= 0.3 is 0 Å². The van der Waals surface area contributed by atoms with Crippen molar-refractivity contribution in [2.45, 2.75) is 31.7 Å². The molecule has 7 nitrogen and oxygen atoms in total. The first-order chi connectivity index (χ1) is 9.09. The third kappa shape index (κ3) is 3.07. The van der Waals surface area contributed by atoms with Crippen molar-refractivity contribution in [3.05, 3.63) is 28.3 Å². The lowest BCUT2D eigenvalue weighted by molar-refractivity contribution is -0.383. The molecular weight excluding hydrogens is 282 g/mol. The Balaban J connectivity index is 3.23. The average molecular weight is 301 g/mol. The lowest BCUT2D eigenvalue weighted by atomic mass is 10.1. The summed E-state index contributed by atoms with van der Waals surface area (Å²) in [5.74, 6) is 0.144. The van der Waals surface area contributed by atoms with Crippen LogP contribution < -0.4 is 5.73 Å². The molecule has 0 radical (unpaired) electrons. The number of sulfonamides is 1. The summed E-state index contributed by atoms with van der Waals surface area (Å²) in [5.41, 5.74) is 5.06. The molecule has 0 bridgehead atoms. The maximum Gasteiger partial charge on any atom is 0.292 e. The van der Waals surface area contributed by atoms with Crippen molar-refractivity contribution in [1.29, 1.82) is 0 Å². The summed E-state index contributed by atoms with van der Waals surface area (Å²) in [4.78, 5) is 9.99. The third-order valence-electron chi connectivity index (χ3n) is 3.41. The minimum atomic E-state index is -3.72. The van der Waals surface area contributed by atoms with Gasteiger partial charge in [-0.25, -0.2) is 8.42 Å². The quantitative estimate of drug-likeness (QED) is 0.507. The van der Waals surface area contributed by atoms with E-state index in [4.69, 9.17) is 5.73 Å². The number of hydrogen-bond acceptors (Lipinski definition) is 5. The zero-order valence-electron chi connectivity index (χ0n) is 11.9. The Morgan fingerprint density at radius 1 is 1.30 bits per heavy atom. The molecule has 0 amide bonds. The van der Waals surface area contributed by atoms with Crippen molar-refractivity contribution in [2.24, 2.45) is 5.92 Å². The van der Waals surface area contributed by atoms with Gasteiger partial charge in [-0.3, -0.25) is 10.1 Å². The van der Waals surface area contributed by atoms with Crippen molar-refractivity contribution < 1.29 is 13.3 Å². The van der Waals surface area contributed by atoms with Crippen LogP contribution in [0, 0.1) is 16.0 Å². The Morgan fingerprint density at radius 3 is 2.25 bits per heavy atom. The highest BCUT2D eigenvalue weighted by atomic mass is 32.2. The summed E-state index contributed by atoms with van der Waals surface area (Å²) in [6.07, 6.45) is 0. The maximum absolute atomic E-state index is 12.4. The Labute approximate surface area is 118 Å². The molecule has 0 aromatic heterocycles. The van der Waals surface area contributed by atoms with Crippen LogP contribution in [0.3, 0.4) is 0 Å². The molecule has 0 aliphatic carbocycles. The number of nitrogens with zero attached hydrogens (tertiary/aromatic N) is 2. The highest BCUT2D eigenvalue weighted by Crippen LogP contribution is 2.27. The fourth-order valence-electron chi connectivity index (χ4n) is 1.66. The largest absolute Gasteiger partial charge is 0.393 e. The lowest BCUT2D eigenvalue weighted by Gasteiger charge is -2.27. The molecule has 0 spiro atoms. The minimum Gasteiger partial charge on any atom is -0.393 e. The summed E-state index contributed by atoms with van der Waals surface area (Å²) in [6.45, 7) is 5.64. The van der Waals surface area contributed by atoms with Gasteiger partial charge in [0.15, 0.2) is 0 Å². The molecular formula is C12H19N3O4S. The first-order valence-corrected chi connectivity index (χ1v) is 7.55. The van der Waals surface area contributed by atoms with Crippen LogP contribution in [-0.4, -0.2) is 30.7 Å². The first-order valence-electron chi connectivity index (χ1n) is 6.11. The molecule has 2 N–H and O–H groups in total. The van der Waals surface area contributed by atoms with Gasteiger partial charge in [0.25, 0.3) is 5.69 Å². The van der Waals surface area contributed by atoms with E-state index in [1.807, 2.05) is 13.8 Å². The molecule has 0 aliphatic heterocycles. The van der Waals surface area contributed by atoms with Gasteiger partial charge in [-0.2, -0.15) is 4.31 Å². The van der Waals surface area contributed by atoms with Gasteiger partial charge in [0.05, 0.1) is 9.82 Å². The monoisotopic (exact) mass is 301 g/mol. The Hall–Kier alpha value is -1.67. The maximum atomic E-state index is 12.4. The molecule has 20 heavy (non-hydrogen) atoms. The zero-order valence-corrected chi connectivity index (χ0v) is 12.7. The van der Waals surface area contributed by atoms with Gasteiger partial charge in [-0.05, 0) is 25.0 Å². The third-order valence-corrected chi connectivity index (χ3v) is 5.35. The predicted octanol–water partition coefficient (Wildman–Crippen LogP) is 1.84. The van der Waals surface area contributed by atoms with Gasteiger partial charge in [0, 0.05) is 19.2 Å². The molecule has 0 saturated heterocycles. The first kappa shape index (κ1) is 16.4. The van der Waals surface area contributed by atoms with E-state index in [-0.39, 0.29) is 28.2 Å². The molecule has 1 atom stereocenters. The smallest absolute Gasteiger partial charge is 0.292 e. The topological polar surface area (TPSA) is 107 Å². The molecule has 1 aromatic carbocycles. The van der Waals surface area contributed by atoms with E-state index < -0.39 is 14.9 Å². The van der Waals surface area contributed by atoms with Crippen molar-refractivity contribution in [3.63, 3.8) is 0 Å². The Kier molecular flexibility index (Phi) is 4.72. The molecule has 0 saturated carbocycles. The number of hydrogen-bond donors (Lipinski definition) is 1. The van der Waals surface area contributed by atoms with Gasteiger partial charge < -0.3 is 5.73 Å². The fraction of sp³-hybridized carbons (Fsp3) is 0.500. The van der Waals surface area contributed by atoms with E-state index in [1.54, 1.807) is 6.92 Å². The highest BCUT2D eigenvalue weighted by Gasteiger charge is 2.28. The number of nitrogen functional groups attached to an aromatic ring is 1. The van der Waals surface area contributed by atoms with Crippen LogP contribution in [-0.2, 0) is 10.0 Å². The summed E-state index contributed by atoms with van der Waals surface area (Å²) >= 11 is 0.